The molecular formula is C13H16N2O2. The summed E-state index contributed by atoms with van der Waals surface area (Å²) in [4.78, 5) is 13.3. The molecule has 90 valence electrons. The largest absolute Gasteiger partial charge is 0.392 e. The van der Waals surface area contributed by atoms with E-state index < -0.39 is 0 Å². The van der Waals surface area contributed by atoms with E-state index in [0.717, 1.165) is 16.5 Å². The van der Waals surface area contributed by atoms with Crippen LogP contribution in [0.1, 0.15) is 5.56 Å². The zero-order chi connectivity index (χ0) is 12.4. The Kier molecular flexibility index (Phi) is 3.15. The first-order valence-corrected chi connectivity index (χ1v) is 5.51. The molecule has 1 heterocycles. The molecule has 2 aromatic rings. The van der Waals surface area contributed by atoms with Gasteiger partial charge in [-0.25, -0.2) is 0 Å². The molecule has 0 fully saturated rings. The molecule has 0 aliphatic heterocycles. The highest BCUT2D eigenvalue weighted by Crippen LogP contribution is 2.21. The number of fused-ring (bicyclic) bond motifs is 1. The van der Waals surface area contributed by atoms with Gasteiger partial charge in [0.05, 0.1) is 6.61 Å². The van der Waals surface area contributed by atoms with Crippen LogP contribution >= 0.6 is 0 Å². The van der Waals surface area contributed by atoms with E-state index in [0.29, 0.717) is 6.54 Å². The fraction of sp³-hybridized carbons (Fsp3) is 0.308. The molecule has 1 aromatic heterocycles. The fourth-order valence-electron chi connectivity index (χ4n) is 1.87. The highest BCUT2D eigenvalue weighted by molar-refractivity contribution is 5.86. The number of aromatic nitrogens is 1. The van der Waals surface area contributed by atoms with Gasteiger partial charge in [0.25, 0.3) is 0 Å². The molecule has 1 amide bonds. The summed E-state index contributed by atoms with van der Waals surface area (Å²) in [5, 5.41) is 10.3. The smallest absolute Gasteiger partial charge is 0.241 e. The molecule has 1 N–H and O–H groups in total. The average molecular weight is 232 g/mol. The van der Waals surface area contributed by atoms with Gasteiger partial charge in [-0.1, -0.05) is 18.2 Å². The Morgan fingerprint density at radius 2 is 2.06 bits per heavy atom. The zero-order valence-corrected chi connectivity index (χ0v) is 10.1. The third-order valence-electron chi connectivity index (χ3n) is 2.85. The zero-order valence-electron chi connectivity index (χ0n) is 10.1. The molecule has 0 aliphatic carbocycles. The van der Waals surface area contributed by atoms with Crippen molar-refractivity contribution in [2.24, 2.45) is 0 Å². The highest BCUT2D eigenvalue weighted by Gasteiger charge is 2.10. The first kappa shape index (κ1) is 11.7. The van der Waals surface area contributed by atoms with Crippen LogP contribution in [-0.2, 0) is 17.9 Å². The van der Waals surface area contributed by atoms with Crippen LogP contribution < -0.4 is 0 Å². The van der Waals surface area contributed by atoms with Gasteiger partial charge in [0.15, 0.2) is 0 Å². The summed E-state index contributed by atoms with van der Waals surface area (Å²) in [6, 6.07) is 7.77. The van der Waals surface area contributed by atoms with Gasteiger partial charge < -0.3 is 14.6 Å². The Hall–Kier alpha value is -1.81. The van der Waals surface area contributed by atoms with Crippen LogP contribution in [0.15, 0.2) is 30.5 Å². The topological polar surface area (TPSA) is 45.5 Å². The Balaban J connectivity index is 2.44. The van der Waals surface area contributed by atoms with Crippen LogP contribution in [0.4, 0.5) is 0 Å². The first-order valence-electron chi connectivity index (χ1n) is 5.51. The second kappa shape index (κ2) is 4.59. The van der Waals surface area contributed by atoms with Gasteiger partial charge in [-0.15, -0.1) is 0 Å². The van der Waals surface area contributed by atoms with Crippen molar-refractivity contribution in [1.82, 2.24) is 9.47 Å². The molecule has 0 atom stereocenters. The van der Waals surface area contributed by atoms with Crippen molar-refractivity contribution in [2.75, 3.05) is 14.1 Å². The Bertz CT molecular complexity index is 543. The number of hydrogen-bond donors (Lipinski definition) is 1. The van der Waals surface area contributed by atoms with Crippen LogP contribution in [-0.4, -0.2) is 34.6 Å². The monoisotopic (exact) mass is 232 g/mol. The molecule has 0 bridgehead atoms. The lowest BCUT2D eigenvalue weighted by Crippen LogP contribution is -2.25. The van der Waals surface area contributed by atoms with Crippen LogP contribution in [0.3, 0.4) is 0 Å². The normalized spacial score (nSPS) is 10.8. The molecule has 0 radical (unpaired) electrons. The molecular weight excluding hydrogens is 216 g/mol. The lowest BCUT2D eigenvalue weighted by molar-refractivity contribution is -0.129. The Labute approximate surface area is 100 Å². The lowest BCUT2D eigenvalue weighted by Gasteiger charge is -2.11. The maximum absolute atomic E-state index is 11.7. The lowest BCUT2D eigenvalue weighted by atomic mass is 10.2. The molecule has 0 spiro atoms. The number of likely N-dealkylation sites (N-methyl/N-ethyl adjacent to an activating group) is 1. The van der Waals surface area contributed by atoms with Crippen molar-refractivity contribution >= 4 is 16.8 Å². The minimum atomic E-state index is -0.0102. The summed E-state index contributed by atoms with van der Waals surface area (Å²) < 4.78 is 1.88. The van der Waals surface area contributed by atoms with Gasteiger partial charge in [0, 0.05) is 36.8 Å². The summed E-state index contributed by atoms with van der Waals surface area (Å²) in [6.07, 6.45) is 1.84. The van der Waals surface area contributed by atoms with Gasteiger partial charge in [-0.2, -0.15) is 0 Å². The van der Waals surface area contributed by atoms with E-state index in [1.165, 1.54) is 0 Å². The molecule has 1 aromatic carbocycles. The summed E-state index contributed by atoms with van der Waals surface area (Å²) in [6.45, 7) is 0.289. The van der Waals surface area contributed by atoms with E-state index in [2.05, 4.69) is 0 Å². The van der Waals surface area contributed by atoms with E-state index in [9.17, 15) is 9.90 Å². The van der Waals surface area contributed by atoms with Crippen molar-refractivity contribution in [1.29, 1.82) is 0 Å². The van der Waals surface area contributed by atoms with Gasteiger partial charge in [-0.3, -0.25) is 4.79 Å². The average Bonchev–Trinajstić information content (AvgIpc) is 2.68. The number of amides is 1. The minimum absolute atomic E-state index is 0.0102. The molecule has 0 saturated heterocycles. The number of nitrogens with zero attached hydrogens (tertiary/aromatic N) is 2. The highest BCUT2D eigenvalue weighted by atomic mass is 16.3. The predicted octanol–water partition coefficient (Wildman–Crippen LogP) is 1.22. The molecule has 4 nitrogen and oxygen atoms in total. The Morgan fingerprint density at radius 3 is 2.71 bits per heavy atom. The first-order chi connectivity index (χ1) is 8.13. The van der Waals surface area contributed by atoms with E-state index in [1.54, 1.807) is 19.0 Å². The predicted molar refractivity (Wildman–Crippen MR) is 66.6 cm³/mol. The van der Waals surface area contributed by atoms with Crippen molar-refractivity contribution in [3.8, 4) is 0 Å². The molecule has 4 heteroatoms. The maximum Gasteiger partial charge on any atom is 0.241 e. The maximum atomic E-state index is 11.7. The number of benzene rings is 1. The van der Waals surface area contributed by atoms with Crippen LogP contribution in [0, 0.1) is 0 Å². The van der Waals surface area contributed by atoms with Gasteiger partial charge >= 0.3 is 0 Å². The quantitative estimate of drug-likeness (QED) is 0.865. The standard InChI is InChI=1S/C13H16N2O2/c1-14(2)13(17)8-15-7-10(9-16)11-5-3-4-6-12(11)15/h3-7,16H,8-9H2,1-2H3. The molecule has 0 aliphatic rings. The van der Waals surface area contributed by atoms with Gasteiger partial charge in [0.2, 0.25) is 5.91 Å². The number of rotatable bonds is 3. The second-order valence-corrected chi connectivity index (χ2v) is 4.25. The van der Waals surface area contributed by atoms with Crippen molar-refractivity contribution in [3.05, 3.63) is 36.0 Å². The van der Waals surface area contributed by atoms with Crippen molar-refractivity contribution < 1.29 is 9.90 Å². The summed E-state index contributed by atoms with van der Waals surface area (Å²) >= 11 is 0. The van der Waals surface area contributed by atoms with Crippen LogP contribution in [0.25, 0.3) is 10.9 Å². The summed E-state index contributed by atoms with van der Waals surface area (Å²) in [5.41, 5.74) is 1.83. The van der Waals surface area contributed by atoms with E-state index >= 15 is 0 Å². The third kappa shape index (κ3) is 2.17. The van der Waals surface area contributed by atoms with Crippen molar-refractivity contribution in [3.63, 3.8) is 0 Å². The summed E-state index contributed by atoms with van der Waals surface area (Å²) in [5.74, 6) is 0.0373. The Morgan fingerprint density at radius 1 is 1.35 bits per heavy atom. The number of carbonyl (C=O) groups excluding carboxylic acids is 1. The SMILES string of the molecule is CN(C)C(=O)Cn1cc(CO)c2ccccc21. The molecule has 17 heavy (non-hydrogen) atoms. The van der Waals surface area contributed by atoms with Crippen molar-refractivity contribution in [2.45, 2.75) is 13.2 Å². The molecule has 0 saturated carbocycles. The van der Waals surface area contributed by atoms with Crippen LogP contribution in [0.5, 0.6) is 0 Å². The van der Waals surface area contributed by atoms with Gasteiger partial charge in [0.1, 0.15) is 6.54 Å². The summed E-state index contributed by atoms with van der Waals surface area (Å²) in [7, 11) is 3.47. The third-order valence-corrected chi connectivity index (χ3v) is 2.85. The van der Waals surface area contributed by atoms with E-state index in [1.807, 2.05) is 35.0 Å². The molecule has 0 unspecified atom stereocenters. The number of para-hydroxylation sites is 1. The fourth-order valence-corrected chi connectivity index (χ4v) is 1.87. The molecule has 2 rings (SSSR count). The number of hydrogen-bond acceptors (Lipinski definition) is 2. The van der Waals surface area contributed by atoms with E-state index in [-0.39, 0.29) is 12.5 Å². The van der Waals surface area contributed by atoms with Crippen LogP contribution in [0.2, 0.25) is 0 Å². The number of aliphatic hydroxyl groups excluding tert-OH is 1. The van der Waals surface area contributed by atoms with E-state index in [4.69, 9.17) is 0 Å². The minimum Gasteiger partial charge on any atom is -0.392 e. The number of aliphatic hydroxyl groups is 1. The number of carbonyl (C=O) groups is 1. The second-order valence-electron chi connectivity index (χ2n) is 4.25. The van der Waals surface area contributed by atoms with Gasteiger partial charge in [-0.05, 0) is 6.07 Å².